The molecule has 104 valence electrons. The Bertz CT molecular complexity index is 648. The molecule has 0 aliphatic carbocycles. The van der Waals surface area contributed by atoms with Gasteiger partial charge in [-0.1, -0.05) is 29.3 Å². The molecule has 2 heterocycles. The fourth-order valence-electron chi connectivity index (χ4n) is 2.28. The number of anilines is 1. The summed E-state index contributed by atoms with van der Waals surface area (Å²) in [6.45, 7) is 0.814. The highest BCUT2D eigenvalue weighted by molar-refractivity contribution is 6.40. The molecule has 0 fully saturated rings. The number of hydrogen-bond acceptors (Lipinski definition) is 3. The standard InChI is InChI=1S/C13H12Cl2N4O/c14-8-4-3-5-9(15)11(8)12(20)16-13-18-17-10-6-1-2-7-19(10)13/h3-5H,1-2,6-7H2,(H,16,18,20). The van der Waals surface area contributed by atoms with E-state index in [-0.39, 0.29) is 11.5 Å². The van der Waals surface area contributed by atoms with Crippen LogP contribution in [0.15, 0.2) is 18.2 Å². The quantitative estimate of drug-likeness (QED) is 0.926. The number of fused-ring (bicyclic) bond motifs is 1. The van der Waals surface area contributed by atoms with E-state index >= 15 is 0 Å². The highest BCUT2D eigenvalue weighted by Crippen LogP contribution is 2.25. The zero-order chi connectivity index (χ0) is 14.1. The van der Waals surface area contributed by atoms with E-state index in [0.717, 1.165) is 31.6 Å². The largest absolute Gasteiger partial charge is 0.297 e. The normalized spacial score (nSPS) is 13.9. The van der Waals surface area contributed by atoms with Crippen molar-refractivity contribution in [3.63, 3.8) is 0 Å². The summed E-state index contributed by atoms with van der Waals surface area (Å²) in [4.78, 5) is 12.3. The van der Waals surface area contributed by atoms with Crippen LogP contribution >= 0.6 is 23.2 Å². The lowest BCUT2D eigenvalue weighted by Gasteiger charge is -2.15. The molecular weight excluding hydrogens is 299 g/mol. The molecule has 3 rings (SSSR count). The van der Waals surface area contributed by atoms with E-state index in [1.165, 1.54) is 0 Å². The zero-order valence-electron chi connectivity index (χ0n) is 10.6. The van der Waals surface area contributed by atoms with Crippen molar-refractivity contribution in [3.8, 4) is 0 Å². The van der Waals surface area contributed by atoms with Gasteiger partial charge in [0.25, 0.3) is 5.91 Å². The average molecular weight is 311 g/mol. The van der Waals surface area contributed by atoms with Gasteiger partial charge < -0.3 is 0 Å². The third kappa shape index (κ3) is 2.39. The maximum absolute atomic E-state index is 12.3. The van der Waals surface area contributed by atoms with Gasteiger partial charge in [-0.25, -0.2) is 0 Å². The average Bonchev–Trinajstić information content (AvgIpc) is 2.82. The van der Waals surface area contributed by atoms with Crippen LogP contribution in [-0.2, 0) is 13.0 Å². The molecule has 7 heteroatoms. The van der Waals surface area contributed by atoms with E-state index in [2.05, 4.69) is 15.5 Å². The van der Waals surface area contributed by atoms with Crippen LogP contribution in [0.1, 0.15) is 29.0 Å². The second-order valence-electron chi connectivity index (χ2n) is 4.60. The molecule has 20 heavy (non-hydrogen) atoms. The van der Waals surface area contributed by atoms with E-state index in [9.17, 15) is 4.79 Å². The van der Waals surface area contributed by atoms with Crippen molar-refractivity contribution >= 4 is 35.1 Å². The molecule has 1 amide bonds. The lowest BCUT2D eigenvalue weighted by Crippen LogP contribution is -2.19. The third-order valence-corrected chi connectivity index (χ3v) is 3.90. The van der Waals surface area contributed by atoms with Crippen LogP contribution in [0.4, 0.5) is 5.95 Å². The number of amides is 1. The van der Waals surface area contributed by atoms with E-state index in [0.29, 0.717) is 16.0 Å². The maximum atomic E-state index is 12.3. The van der Waals surface area contributed by atoms with Crippen LogP contribution < -0.4 is 5.32 Å². The second kappa shape index (κ2) is 5.42. The van der Waals surface area contributed by atoms with Crippen molar-refractivity contribution in [3.05, 3.63) is 39.6 Å². The Kier molecular flexibility index (Phi) is 3.63. The summed E-state index contributed by atoms with van der Waals surface area (Å²) in [5, 5.41) is 11.5. The molecular formula is C13H12Cl2N4O. The zero-order valence-corrected chi connectivity index (χ0v) is 12.1. The van der Waals surface area contributed by atoms with Gasteiger partial charge in [-0.05, 0) is 25.0 Å². The fraction of sp³-hybridized carbons (Fsp3) is 0.308. The summed E-state index contributed by atoms with van der Waals surface area (Å²) in [5.74, 6) is 0.971. The molecule has 0 saturated carbocycles. The van der Waals surface area contributed by atoms with Gasteiger partial charge in [0.15, 0.2) is 0 Å². The Labute approximate surface area is 125 Å². The number of carbonyl (C=O) groups is 1. The minimum Gasteiger partial charge on any atom is -0.297 e. The lowest BCUT2D eigenvalue weighted by atomic mass is 10.2. The second-order valence-corrected chi connectivity index (χ2v) is 5.41. The van der Waals surface area contributed by atoms with Gasteiger partial charge in [0, 0.05) is 13.0 Å². The molecule has 0 saturated heterocycles. The van der Waals surface area contributed by atoms with Gasteiger partial charge in [-0.3, -0.25) is 14.7 Å². The predicted octanol–water partition coefficient (Wildman–Crippen LogP) is 3.17. The molecule has 0 radical (unpaired) electrons. The Morgan fingerprint density at radius 2 is 1.95 bits per heavy atom. The molecule has 1 aliphatic rings. The predicted molar refractivity (Wildman–Crippen MR) is 77.4 cm³/mol. The monoisotopic (exact) mass is 310 g/mol. The summed E-state index contributed by atoms with van der Waals surface area (Å²) >= 11 is 12.0. The summed E-state index contributed by atoms with van der Waals surface area (Å²) in [5.41, 5.74) is 0.254. The van der Waals surface area contributed by atoms with Crippen LogP contribution in [0.5, 0.6) is 0 Å². The summed E-state index contributed by atoms with van der Waals surface area (Å²) in [6.07, 6.45) is 3.04. The fourth-order valence-corrected chi connectivity index (χ4v) is 2.85. The number of aromatic nitrogens is 3. The molecule has 1 aromatic heterocycles. The first-order valence-electron chi connectivity index (χ1n) is 6.34. The molecule has 1 aliphatic heterocycles. The van der Waals surface area contributed by atoms with E-state index < -0.39 is 0 Å². The lowest BCUT2D eigenvalue weighted by molar-refractivity contribution is 0.102. The molecule has 0 unspecified atom stereocenters. The Morgan fingerprint density at radius 3 is 2.70 bits per heavy atom. The van der Waals surface area contributed by atoms with Crippen molar-refractivity contribution in [1.29, 1.82) is 0 Å². The molecule has 0 spiro atoms. The van der Waals surface area contributed by atoms with Crippen LogP contribution in [0, 0.1) is 0 Å². The Hall–Kier alpha value is -1.59. The van der Waals surface area contributed by atoms with E-state index in [1.54, 1.807) is 18.2 Å². The van der Waals surface area contributed by atoms with E-state index in [1.807, 2.05) is 4.57 Å². The van der Waals surface area contributed by atoms with Crippen molar-refractivity contribution in [2.75, 3.05) is 5.32 Å². The third-order valence-electron chi connectivity index (χ3n) is 3.27. The molecule has 1 aromatic carbocycles. The highest BCUT2D eigenvalue weighted by Gasteiger charge is 2.20. The summed E-state index contributed by atoms with van der Waals surface area (Å²) in [6, 6.07) is 4.95. The van der Waals surface area contributed by atoms with Gasteiger partial charge in [0.1, 0.15) is 5.82 Å². The van der Waals surface area contributed by atoms with Crippen LogP contribution in [0.2, 0.25) is 10.0 Å². The van der Waals surface area contributed by atoms with Crippen LogP contribution in [-0.4, -0.2) is 20.7 Å². The Morgan fingerprint density at radius 1 is 1.20 bits per heavy atom. The Balaban J connectivity index is 1.88. The van der Waals surface area contributed by atoms with Crippen molar-refractivity contribution in [2.24, 2.45) is 0 Å². The minimum absolute atomic E-state index is 0.254. The first-order valence-corrected chi connectivity index (χ1v) is 7.10. The van der Waals surface area contributed by atoms with Crippen LogP contribution in [0.25, 0.3) is 0 Å². The smallest absolute Gasteiger partial charge is 0.261 e. The number of carbonyl (C=O) groups excluding carboxylic acids is 1. The van der Waals surface area contributed by atoms with E-state index in [4.69, 9.17) is 23.2 Å². The first-order chi connectivity index (χ1) is 9.66. The van der Waals surface area contributed by atoms with Gasteiger partial charge in [0.05, 0.1) is 15.6 Å². The minimum atomic E-state index is -0.374. The van der Waals surface area contributed by atoms with Crippen molar-refractivity contribution in [2.45, 2.75) is 25.8 Å². The molecule has 2 aromatic rings. The number of halogens is 2. The van der Waals surface area contributed by atoms with Gasteiger partial charge in [0.2, 0.25) is 5.95 Å². The molecule has 1 N–H and O–H groups in total. The summed E-state index contributed by atoms with van der Waals surface area (Å²) in [7, 11) is 0. The van der Waals surface area contributed by atoms with Crippen LogP contribution in [0.3, 0.4) is 0 Å². The number of nitrogens with one attached hydrogen (secondary N) is 1. The number of nitrogens with zero attached hydrogens (tertiary/aromatic N) is 3. The number of hydrogen-bond donors (Lipinski definition) is 1. The van der Waals surface area contributed by atoms with Crippen molar-refractivity contribution in [1.82, 2.24) is 14.8 Å². The highest BCUT2D eigenvalue weighted by atomic mass is 35.5. The van der Waals surface area contributed by atoms with Gasteiger partial charge in [-0.2, -0.15) is 0 Å². The first kappa shape index (κ1) is 13.4. The van der Waals surface area contributed by atoms with Gasteiger partial charge in [-0.15, -0.1) is 10.2 Å². The molecule has 0 atom stereocenters. The number of aryl methyl sites for hydroxylation is 1. The number of benzene rings is 1. The molecule has 5 nitrogen and oxygen atoms in total. The molecule has 0 bridgehead atoms. The number of rotatable bonds is 2. The maximum Gasteiger partial charge on any atom is 0.261 e. The SMILES string of the molecule is O=C(Nc1nnc2n1CCCC2)c1c(Cl)cccc1Cl. The van der Waals surface area contributed by atoms with Gasteiger partial charge >= 0.3 is 0 Å². The summed E-state index contributed by atoms with van der Waals surface area (Å²) < 4.78 is 1.92. The topological polar surface area (TPSA) is 59.8 Å². The van der Waals surface area contributed by atoms with Crippen molar-refractivity contribution < 1.29 is 4.79 Å².